The quantitative estimate of drug-likeness (QED) is 0.0875. The Hall–Kier alpha value is -3.66. The molecule has 6 rings (SSSR count). The molecule has 3 heterocycles. The summed E-state index contributed by atoms with van der Waals surface area (Å²) >= 11 is 9.05. The topological polar surface area (TPSA) is 92.6 Å². The van der Waals surface area contributed by atoms with Crippen LogP contribution in [-0.2, 0) is 21.8 Å². The number of rotatable bonds is 6. The number of fused-ring (bicyclic) bond motifs is 1. The van der Waals surface area contributed by atoms with E-state index in [1.807, 2.05) is 13.8 Å². The van der Waals surface area contributed by atoms with Crippen molar-refractivity contribution in [2.75, 3.05) is 4.90 Å². The highest BCUT2D eigenvalue weighted by Crippen LogP contribution is 2.45. The normalized spacial score (nSPS) is 19.6. The molecule has 1 amide bonds. The van der Waals surface area contributed by atoms with Gasteiger partial charge in [-0.05, 0) is 60.9 Å². The molecule has 0 spiro atoms. The molecule has 2 aliphatic rings. The Morgan fingerprint density at radius 3 is 2.70 bits per heavy atom. The number of anilines is 1. The highest BCUT2D eigenvalue weighted by Gasteiger charge is 2.48. The molecule has 10 heteroatoms. The Morgan fingerprint density at radius 2 is 1.93 bits per heavy atom. The molecule has 40 heavy (non-hydrogen) atoms. The number of aryl methyl sites for hydroxylation is 1. The van der Waals surface area contributed by atoms with Gasteiger partial charge in [-0.3, -0.25) is 14.5 Å². The number of carbonyl (C=O) groups is 2. The first-order valence-corrected chi connectivity index (χ1v) is 14.8. The largest absolute Gasteiger partial charge is 0.507 e. The zero-order chi connectivity index (χ0) is 28.0. The van der Waals surface area contributed by atoms with Gasteiger partial charge in [0.05, 0.1) is 11.6 Å². The third-order valence-corrected chi connectivity index (χ3v) is 9.23. The number of benzene rings is 3. The van der Waals surface area contributed by atoms with Gasteiger partial charge in [-0.15, -0.1) is 10.2 Å². The molecule has 2 aliphatic heterocycles. The maximum absolute atomic E-state index is 13.5. The van der Waals surface area contributed by atoms with Crippen LogP contribution in [0.3, 0.4) is 0 Å². The molecule has 0 saturated carbocycles. The van der Waals surface area contributed by atoms with Crippen LogP contribution in [0.5, 0.6) is 5.75 Å². The van der Waals surface area contributed by atoms with Gasteiger partial charge in [0, 0.05) is 22.8 Å². The second-order valence-corrected chi connectivity index (χ2v) is 12.4. The van der Waals surface area contributed by atoms with Crippen molar-refractivity contribution in [2.24, 2.45) is 0 Å². The lowest BCUT2D eigenvalue weighted by molar-refractivity contribution is -0.132. The van der Waals surface area contributed by atoms with Crippen molar-refractivity contribution in [3.05, 3.63) is 105 Å². The molecule has 2 unspecified atom stereocenters. The third-order valence-electron chi connectivity index (χ3n) is 6.86. The van der Waals surface area contributed by atoms with Crippen molar-refractivity contribution in [3.63, 3.8) is 0 Å². The molecule has 2 atom stereocenters. The Kier molecular flexibility index (Phi) is 7.12. The summed E-state index contributed by atoms with van der Waals surface area (Å²) in [4.78, 5) is 28.3. The zero-order valence-electron chi connectivity index (χ0n) is 21.6. The van der Waals surface area contributed by atoms with Crippen LogP contribution in [0.25, 0.3) is 5.76 Å². The van der Waals surface area contributed by atoms with E-state index < -0.39 is 17.7 Å². The number of aliphatic hydroxyl groups excluding tert-OH is 1. The van der Waals surface area contributed by atoms with Gasteiger partial charge in [0.2, 0.25) is 5.13 Å². The van der Waals surface area contributed by atoms with Crippen molar-refractivity contribution < 1.29 is 19.4 Å². The van der Waals surface area contributed by atoms with E-state index in [9.17, 15) is 14.7 Å². The summed E-state index contributed by atoms with van der Waals surface area (Å²) < 4.78 is 6.44. The predicted molar refractivity (Wildman–Crippen MR) is 157 cm³/mol. The van der Waals surface area contributed by atoms with E-state index in [1.54, 1.807) is 42.5 Å². The number of amides is 1. The van der Waals surface area contributed by atoms with Crippen LogP contribution in [0, 0.1) is 6.92 Å². The van der Waals surface area contributed by atoms with E-state index in [2.05, 4.69) is 34.5 Å². The van der Waals surface area contributed by atoms with E-state index in [0.29, 0.717) is 32.7 Å². The Bertz CT molecular complexity index is 1670. The molecular formula is C30H24ClN3O4S2. The zero-order valence-corrected chi connectivity index (χ0v) is 24.0. The summed E-state index contributed by atoms with van der Waals surface area (Å²) in [6.07, 6.45) is 0.718. The van der Waals surface area contributed by atoms with Gasteiger partial charge in [0.15, 0.2) is 4.34 Å². The van der Waals surface area contributed by atoms with Gasteiger partial charge in [0.25, 0.3) is 5.78 Å². The van der Waals surface area contributed by atoms with E-state index >= 15 is 0 Å². The van der Waals surface area contributed by atoms with Crippen molar-refractivity contribution in [1.82, 2.24) is 10.2 Å². The molecule has 1 aromatic heterocycles. The first-order valence-electron chi connectivity index (χ1n) is 12.7. The first-order chi connectivity index (χ1) is 19.3. The Morgan fingerprint density at radius 1 is 1.12 bits per heavy atom. The molecule has 7 nitrogen and oxygen atoms in total. The van der Waals surface area contributed by atoms with Crippen LogP contribution in [0.15, 0.2) is 76.6 Å². The molecule has 0 radical (unpaired) electrons. The number of Topliss-reactive ketones (excluding diaryl/α,β-unsaturated/α-hetero) is 1. The van der Waals surface area contributed by atoms with Crippen LogP contribution in [0.4, 0.5) is 5.13 Å². The number of carbonyl (C=O) groups excluding carboxylic acids is 2. The van der Waals surface area contributed by atoms with Crippen molar-refractivity contribution in [2.45, 2.75) is 42.5 Å². The number of hydrogen-bond donors (Lipinski definition) is 1. The number of thioether (sulfide) groups is 1. The fourth-order valence-electron chi connectivity index (χ4n) is 4.93. The van der Waals surface area contributed by atoms with Gasteiger partial charge in [-0.25, -0.2) is 0 Å². The minimum absolute atomic E-state index is 0.0248. The van der Waals surface area contributed by atoms with Crippen LogP contribution in [-0.4, -0.2) is 33.1 Å². The lowest BCUT2D eigenvalue weighted by atomic mass is 9.94. The summed E-state index contributed by atoms with van der Waals surface area (Å²) in [7, 11) is 0. The molecule has 0 bridgehead atoms. The molecule has 1 N–H and O–H groups in total. The third kappa shape index (κ3) is 5.00. The van der Waals surface area contributed by atoms with Crippen LogP contribution >= 0.6 is 34.7 Å². The Balaban J connectivity index is 1.38. The monoisotopic (exact) mass is 589 g/mol. The van der Waals surface area contributed by atoms with Crippen molar-refractivity contribution >= 4 is 57.3 Å². The van der Waals surface area contributed by atoms with E-state index in [1.165, 1.54) is 33.6 Å². The second-order valence-electron chi connectivity index (χ2n) is 9.80. The molecular weight excluding hydrogens is 566 g/mol. The summed E-state index contributed by atoms with van der Waals surface area (Å²) in [5, 5.41) is 20.7. The number of hydrogen-bond acceptors (Lipinski definition) is 8. The van der Waals surface area contributed by atoms with Gasteiger partial charge in [-0.1, -0.05) is 76.7 Å². The number of ether oxygens (including phenoxy) is 1. The average Bonchev–Trinajstić information content (AvgIpc) is 3.63. The molecule has 4 aromatic rings. The minimum atomic E-state index is -0.926. The number of aliphatic hydroxyl groups is 1. The first kappa shape index (κ1) is 26.6. The van der Waals surface area contributed by atoms with Crippen molar-refractivity contribution in [1.29, 1.82) is 0 Å². The summed E-state index contributed by atoms with van der Waals surface area (Å²) in [5.74, 6) is -0.397. The molecule has 0 aliphatic carbocycles. The van der Waals surface area contributed by atoms with Crippen molar-refractivity contribution in [3.8, 4) is 5.75 Å². The maximum Gasteiger partial charge on any atom is 0.301 e. The van der Waals surface area contributed by atoms with Gasteiger partial charge in [-0.2, -0.15) is 0 Å². The number of nitrogens with zero attached hydrogens (tertiary/aromatic N) is 3. The summed E-state index contributed by atoms with van der Waals surface area (Å²) in [6, 6.07) is 19.5. The van der Waals surface area contributed by atoms with Gasteiger partial charge in [0.1, 0.15) is 17.6 Å². The predicted octanol–water partition coefficient (Wildman–Crippen LogP) is 6.74. The summed E-state index contributed by atoms with van der Waals surface area (Å²) in [5.41, 5.74) is 4.25. The van der Waals surface area contributed by atoms with Crippen LogP contribution < -0.4 is 9.64 Å². The van der Waals surface area contributed by atoms with Gasteiger partial charge >= 0.3 is 5.91 Å². The van der Waals surface area contributed by atoms with Crippen LogP contribution in [0.1, 0.15) is 40.8 Å². The van der Waals surface area contributed by atoms with E-state index in [0.717, 1.165) is 16.9 Å². The molecule has 1 saturated heterocycles. The number of ketones is 1. The SMILES string of the molecule is Cc1ccc(CSc2nnc(N3C(=O)C(=O)C(=C(O)c4ccc5c(c4)CC(C)O5)C3c3cccc(Cl)c3)s2)cc1. The van der Waals surface area contributed by atoms with E-state index in [4.69, 9.17) is 16.3 Å². The van der Waals surface area contributed by atoms with Crippen LogP contribution in [0.2, 0.25) is 5.02 Å². The van der Waals surface area contributed by atoms with E-state index in [-0.39, 0.29) is 22.6 Å². The highest BCUT2D eigenvalue weighted by molar-refractivity contribution is 8.00. The maximum atomic E-state index is 13.5. The fourth-order valence-corrected chi connectivity index (χ4v) is 6.96. The number of aromatic nitrogens is 2. The second kappa shape index (κ2) is 10.7. The lowest BCUT2D eigenvalue weighted by Gasteiger charge is -2.22. The standard InChI is InChI=1S/C30H24ClN3O4S2/c1-16-6-8-18(9-7-16)15-39-30-33-32-29(40-30)34-25(19-4-3-5-22(31)14-19)24(27(36)28(34)37)26(35)20-10-11-23-21(13-20)12-17(2)38-23/h3-11,13-14,17,25,35H,12,15H2,1-2H3. The lowest BCUT2D eigenvalue weighted by Crippen LogP contribution is -2.29. The van der Waals surface area contributed by atoms with Gasteiger partial charge < -0.3 is 9.84 Å². The Labute approximate surface area is 244 Å². The molecule has 202 valence electrons. The fraction of sp³-hybridized carbons (Fsp3) is 0.200. The number of halogens is 1. The molecule has 3 aromatic carbocycles. The highest BCUT2D eigenvalue weighted by atomic mass is 35.5. The average molecular weight is 590 g/mol. The smallest absolute Gasteiger partial charge is 0.301 e. The molecule has 1 fully saturated rings. The summed E-state index contributed by atoms with van der Waals surface area (Å²) in [6.45, 7) is 4.01. The minimum Gasteiger partial charge on any atom is -0.507 e.